The first kappa shape index (κ1) is 11.2. The molecule has 0 aromatic rings. The number of hydrogen-bond acceptors (Lipinski definition) is 1. The van der Waals surface area contributed by atoms with Gasteiger partial charge in [0.25, 0.3) is 0 Å². The van der Waals surface area contributed by atoms with Gasteiger partial charge in [0.2, 0.25) is 5.91 Å². The fourth-order valence-corrected chi connectivity index (χ4v) is 1.95. The van der Waals surface area contributed by atoms with Gasteiger partial charge in [-0.3, -0.25) is 4.79 Å². The van der Waals surface area contributed by atoms with E-state index in [2.05, 4.69) is 31.2 Å². The highest BCUT2D eigenvalue weighted by molar-refractivity contribution is 5.90. The Morgan fingerprint density at radius 1 is 1.31 bits per heavy atom. The van der Waals surface area contributed by atoms with Crippen molar-refractivity contribution in [2.24, 2.45) is 5.92 Å². The molecule has 0 bridgehead atoms. The summed E-state index contributed by atoms with van der Waals surface area (Å²) in [6.07, 6.45) is 15.0. The van der Waals surface area contributed by atoms with E-state index in [1.807, 2.05) is 11.1 Å². The Morgan fingerprint density at radius 2 is 2.06 bits per heavy atom. The van der Waals surface area contributed by atoms with Crippen LogP contribution in [0.15, 0.2) is 36.1 Å². The van der Waals surface area contributed by atoms with Crippen LogP contribution in [0.2, 0.25) is 0 Å². The first-order valence-corrected chi connectivity index (χ1v) is 6.14. The van der Waals surface area contributed by atoms with Gasteiger partial charge in [-0.1, -0.05) is 31.2 Å². The van der Waals surface area contributed by atoms with Gasteiger partial charge in [-0.15, -0.1) is 0 Å². The van der Waals surface area contributed by atoms with Gasteiger partial charge in [0, 0.05) is 12.7 Å². The van der Waals surface area contributed by atoms with Crippen molar-refractivity contribution < 1.29 is 4.79 Å². The Balaban J connectivity index is 1.62. The van der Waals surface area contributed by atoms with Crippen LogP contribution in [0.4, 0.5) is 0 Å². The Morgan fingerprint density at radius 3 is 2.69 bits per heavy atom. The molecule has 1 aliphatic heterocycles. The van der Waals surface area contributed by atoms with Crippen molar-refractivity contribution in [3.05, 3.63) is 36.1 Å². The van der Waals surface area contributed by atoms with E-state index in [1.165, 1.54) is 5.57 Å². The van der Waals surface area contributed by atoms with E-state index in [4.69, 9.17) is 0 Å². The smallest absolute Gasteiger partial charge is 0.234 e. The molecule has 1 unspecified atom stereocenters. The lowest BCUT2D eigenvalue weighted by atomic mass is 10.2. The predicted molar refractivity (Wildman–Crippen MR) is 65.7 cm³/mol. The molecule has 2 nitrogen and oxygen atoms in total. The summed E-state index contributed by atoms with van der Waals surface area (Å²) in [5, 5.41) is 0. The number of unbranched alkanes of at least 4 members (excludes halogenated alkanes) is 1. The topological polar surface area (TPSA) is 20.3 Å². The number of fused-ring (bicyclic) bond motifs is 1. The summed E-state index contributed by atoms with van der Waals surface area (Å²) < 4.78 is 0. The summed E-state index contributed by atoms with van der Waals surface area (Å²) in [7, 11) is 0. The quantitative estimate of drug-likeness (QED) is 0.494. The van der Waals surface area contributed by atoms with E-state index in [-0.39, 0.29) is 5.92 Å². The van der Waals surface area contributed by atoms with Gasteiger partial charge in [-0.2, -0.15) is 0 Å². The summed E-state index contributed by atoms with van der Waals surface area (Å²) in [5.74, 6) is 0.561. The van der Waals surface area contributed by atoms with E-state index < -0.39 is 0 Å². The number of rotatable bonds is 6. The summed E-state index contributed by atoms with van der Waals surface area (Å²) in [6.45, 7) is 2.89. The van der Waals surface area contributed by atoms with Crippen molar-refractivity contribution in [3.63, 3.8) is 0 Å². The number of nitrogens with zero attached hydrogens (tertiary/aromatic N) is 1. The van der Waals surface area contributed by atoms with Crippen LogP contribution in [0.5, 0.6) is 0 Å². The van der Waals surface area contributed by atoms with Gasteiger partial charge in [0.1, 0.15) is 0 Å². The zero-order chi connectivity index (χ0) is 11.4. The summed E-state index contributed by atoms with van der Waals surface area (Å²) in [5.41, 5.74) is 1.32. The second kappa shape index (κ2) is 5.15. The van der Waals surface area contributed by atoms with E-state index >= 15 is 0 Å². The minimum atomic E-state index is 0.265. The molecule has 1 amide bonds. The maximum atomic E-state index is 11.6. The van der Waals surface area contributed by atoms with Crippen molar-refractivity contribution in [2.45, 2.75) is 32.6 Å². The van der Waals surface area contributed by atoms with Crippen molar-refractivity contribution in [3.8, 4) is 0 Å². The first-order valence-electron chi connectivity index (χ1n) is 6.14. The van der Waals surface area contributed by atoms with Crippen LogP contribution < -0.4 is 0 Å². The molecule has 1 fully saturated rings. The van der Waals surface area contributed by atoms with Crippen molar-refractivity contribution in [1.82, 2.24) is 4.90 Å². The van der Waals surface area contributed by atoms with E-state index in [9.17, 15) is 4.79 Å². The molecule has 86 valence electrons. The third kappa shape index (κ3) is 2.63. The van der Waals surface area contributed by atoms with Gasteiger partial charge in [-0.25, -0.2) is 0 Å². The molecule has 16 heavy (non-hydrogen) atoms. The van der Waals surface area contributed by atoms with Gasteiger partial charge in [0.15, 0.2) is 0 Å². The number of allylic oxidation sites excluding steroid dienone is 3. The van der Waals surface area contributed by atoms with Crippen molar-refractivity contribution in [2.75, 3.05) is 6.54 Å². The van der Waals surface area contributed by atoms with Crippen LogP contribution in [0.1, 0.15) is 32.6 Å². The summed E-state index contributed by atoms with van der Waals surface area (Å²) in [6, 6.07) is 0. The first-order chi connectivity index (χ1) is 7.83. The molecule has 2 aliphatic rings. The van der Waals surface area contributed by atoms with Gasteiger partial charge in [-0.05, 0) is 31.3 Å². The van der Waals surface area contributed by atoms with E-state index in [0.29, 0.717) is 5.91 Å². The maximum absolute atomic E-state index is 11.6. The standard InChI is InChI=1S/C14H19NO/c1-2-3-4-5-6-7-8-9-15-11-12-10-13(12)14(15)16/h3-4,7-8,11,13H,2,5-6,9-10H2,1H3/b4-3-,8-7+. The minimum Gasteiger partial charge on any atom is -0.315 e. The highest BCUT2D eigenvalue weighted by Crippen LogP contribution is 2.44. The molecule has 1 atom stereocenters. The molecule has 0 saturated heterocycles. The Kier molecular flexibility index (Phi) is 3.60. The third-order valence-electron chi connectivity index (χ3n) is 3.00. The molecule has 1 heterocycles. The molecular weight excluding hydrogens is 198 g/mol. The Hall–Kier alpha value is -1.31. The van der Waals surface area contributed by atoms with Gasteiger partial charge < -0.3 is 4.90 Å². The van der Waals surface area contributed by atoms with Gasteiger partial charge in [0.05, 0.1) is 5.92 Å². The average Bonchev–Trinajstić information content (AvgIpc) is 2.98. The van der Waals surface area contributed by atoms with Crippen LogP contribution in [0.25, 0.3) is 0 Å². The number of hydrogen-bond donors (Lipinski definition) is 0. The third-order valence-corrected chi connectivity index (χ3v) is 3.00. The number of carbonyl (C=O) groups excluding carboxylic acids is 1. The normalized spacial score (nSPS) is 23.3. The lowest BCUT2D eigenvalue weighted by Crippen LogP contribution is -2.23. The van der Waals surface area contributed by atoms with Crippen molar-refractivity contribution >= 4 is 5.91 Å². The zero-order valence-electron chi connectivity index (χ0n) is 9.86. The van der Waals surface area contributed by atoms with Crippen LogP contribution >= 0.6 is 0 Å². The zero-order valence-corrected chi connectivity index (χ0v) is 9.86. The van der Waals surface area contributed by atoms with Crippen LogP contribution in [0, 0.1) is 5.92 Å². The molecule has 2 heteroatoms. The Labute approximate surface area is 97.3 Å². The predicted octanol–water partition coefficient (Wildman–Crippen LogP) is 3.04. The molecule has 1 aliphatic carbocycles. The second-order valence-electron chi connectivity index (χ2n) is 4.38. The fraction of sp³-hybridized carbons (Fsp3) is 0.500. The second-order valence-corrected chi connectivity index (χ2v) is 4.38. The monoisotopic (exact) mass is 217 g/mol. The highest BCUT2D eigenvalue weighted by Gasteiger charge is 2.44. The molecule has 2 rings (SSSR count). The van der Waals surface area contributed by atoms with Gasteiger partial charge >= 0.3 is 0 Å². The largest absolute Gasteiger partial charge is 0.315 e. The van der Waals surface area contributed by atoms with Crippen molar-refractivity contribution in [1.29, 1.82) is 0 Å². The molecule has 0 aromatic carbocycles. The minimum absolute atomic E-state index is 0.265. The summed E-state index contributed by atoms with van der Waals surface area (Å²) >= 11 is 0. The average molecular weight is 217 g/mol. The molecule has 0 aromatic heterocycles. The molecule has 0 spiro atoms. The highest BCUT2D eigenvalue weighted by atomic mass is 16.2. The lowest BCUT2D eigenvalue weighted by molar-refractivity contribution is -0.128. The maximum Gasteiger partial charge on any atom is 0.234 e. The molecule has 0 N–H and O–H groups in total. The molecular formula is C14H19NO. The Bertz CT molecular complexity index is 352. The number of carbonyl (C=O) groups is 1. The molecule has 0 radical (unpaired) electrons. The van der Waals surface area contributed by atoms with E-state index in [1.54, 1.807) is 0 Å². The van der Waals surface area contributed by atoms with Crippen LogP contribution in [-0.2, 0) is 4.79 Å². The lowest BCUT2D eigenvalue weighted by Gasteiger charge is -2.11. The van der Waals surface area contributed by atoms with E-state index in [0.717, 1.165) is 32.2 Å². The van der Waals surface area contributed by atoms with Crippen LogP contribution in [0.3, 0.4) is 0 Å². The van der Waals surface area contributed by atoms with Crippen LogP contribution in [-0.4, -0.2) is 17.4 Å². The summed E-state index contributed by atoms with van der Waals surface area (Å²) in [4.78, 5) is 13.4. The SMILES string of the molecule is CC/C=C\CC/C=C/CN1C=C2CC2C1=O. The number of amides is 1. The molecule has 1 saturated carbocycles. The fourth-order valence-electron chi connectivity index (χ4n) is 1.95.